The number of ether oxygens (including phenoxy) is 1. The first-order valence-corrected chi connectivity index (χ1v) is 5.60. The van der Waals surface area contributed by atoms with Gasteiger partial charge in [0, 0.05) is 5.41 Å². The molecule has 1 N–H and O–H groups in total. The molecule has 13 heavy (non-hydrogen) atoms. The Morgan fingerprint density at radius 1 is 1.62 bits per heavy atom. The van der Waals surface area contributed by atoms with E-state index in [1.165, 1.54) is 7.11 Å². The molecule has 1 unspecified atom stereocenters. The zero-order chi connectivity index (χ0) is 10.5. The van der Waals surface area contributed by atoms with E-state index in [9.17, 15) is 9.90 Å². The third-order valence-electron chi connectivity index (χ3n) is 2.12. The van der Waals surface area contributed by atoms with Gasteiger partial charge in [-0.2, -0.15) is 11.8 Å². The van der Waals surface area contributed by atoms with Gasteiger partial charge in [0.2, 0.25) is 0 Å². The summed E-state index contributed by atoms with van der Waals surface area (Å²) in [5.74, 6) is 0.382. The molecule has 0 bridgehead atoms. The van der Waals surface area contributed by atoms with E-state index in [-0.39, 0.29) is 0 Å². The number of rotatable bonds is 5. The fourth-order valence-electron chi connectivity index (χ4n) is 0.932. The average molecular weight is 206 g/mol. The minimum absolute atomic E-state index is 0.407. The quantitative estimate of drug-likeness (QED) is 0.689. The number of esters is 1. The van der Waals surface area contributed by atoms with Crippen LogP contribution in [0.5, 0.6) is 0 Å². The summed E-state index contributed by atoms with van der Waals surface area (Å²) in [4.78, 5) is 11.0. The molecule has 0 radical (unpaired) electrons. The van der Waals surface area contributed by atoms with E-state index in [0.29, 0.717) is 0 Å². The molecule has 0 aromatic carbocycles. The lowest BCUT2D eigenvalue weighted by Crippen LogP contribution is -2.37. The van der Waals surface area contributed by atoms with Crippen molar-refractivity contribution < 1.29 is 14.6 Å². The van der Waals surface area contributed by atoms with E-state index in [1.807, 2.05) is 20.1 Å². The van der Waals surface area contributed by atoms with E-state index in [0.717, 1.165) is 12.2 Å². The summed E-state index contributed by atoms with van der Waals surface area (Å²) in [5, 5.41) is 9.59. The fraction of sp³-hybridized carbons (Fsp3) is 0.889. The smallest absolute Gasteiger partial charge is 0.335 e. The van der Waals surface area contributed by atoms with Gasteiger partial charge in [-0.15, -0.1) is 0 Å². The minimum atomic E-state index is -1.02. The summed E-state index contributed by atoms with van der Waals surface area (Å²) < 4.78 is 4.48. The first kappa shape index (κ1) is 12.8. The normalized spacial score (nSPS) is 13.9. The van der Waals surface area contributed by atoms with Crippen molar-refractivity contribution in [1.82, 2.24) is 0 Å². The van der Waals surface area contributed by atoms with Crippen LogP contribution in [-0.4, -0.2) is 36.3 Å². The molecule has 0 heterocycles. The van der Waals surface area contributed by atoms with Crippen molar-refractivity contribution in [3.05, 3.63) is 0 Å². The first-order chi connectivity index (χ1) is 5.95. The predicted octanol–water partition coefficient (Wildman–Crippen LogP) is 1.30. The van der Waals surface area contributed by atoms with Gasteiger partial charge < -0.3 is 9.84 Å². The molecule has 4 heteroatoms. The van der Waals surface area contributed by atoms with E-state index < -0.39 is 17.5 Å². The molecular formula is C9H18O3S. The molecular weight excluding hydrogens is 188 g/mol. The highest BCUT2D eigenvalue weighted by Gasteiger charge is 2.33. The van der Waals surface area contributed by atoms with Gasteiger partial charge in [0.1, 0.15) is 0 Å². The van der Waals surface area contributed by atoms with Crippen molar-refractivity contribution in [2.24, 2.45) is 5.41 Å². The van der Waals surface area contributed by atoms with Gasteiger partial charge in [-0.3, -0.25) is 0 Å². The Morgan fingerprint density at radius 2 is 2.15 bits per heavy atom. The zero-order valence-electron chi connectivity index (χ0n) is 8.66. The van der Waals surface area contributed by atoms with Crippen LogP contribution < -0.4 is 0 Å². The summed E-state index contributed by atoms with van der Waals surface area (Å²) >= 11 is 1.70. The third kappa shape index (κ3) is 4.00. The molecule has 1 atom stereocenters. The van der Waals surface area contributed by atoms with Crippen molar-refractivity contribution in [2.45, 2.75) is 26.4 Å². The number of carbonyl (C=O) groups is 1. The number of carbonyl (C=O) groups excluding carboxylic acids is 1. The molecule has 0 fully saturated rings. The van der Waals surface area contributed by atoms with Crippen LogP contribution in [0, 0.1) is 5.41 Å². The summed E-state index contributed by atoms with van der Waals surface area (Å²) in [7, 11) is 1.29. The first-order valence-electron chi connectivity index (χ1n) is 4.20. The van der Waals surface area contributed by atoms with Crippen molar-refractivity contribution in [3.8, 4) is 0 Å². The van der Waals surface area contributed by atoms with Crippen LogP contribution in [0.1, 0.15) is 20.3 Å². The van der Waals surface area contributed by atoms with E-state index in [2.05, 4.69) is 4.74 Å². The standard InChI is InChI=1S/C9H18O3S/c1-9(2,5-6-13-4)7(10)8(11)12-3/h7,10H,5-6H2,1-4H3. The molecule has 0 aromatic heterocycles. The Kier molecular flexibility index (Phi) is 5.40. The molecule has 78 valence electrons. The lowest BCUT2D eigenvalue weighted by atomic mass is 9.84. The van der Waals surface area contributed by atoms with Crippen LogP contribution in [0.25, 0.3) is 0 Å². The molecule has 0 aliphatic carbocycles. The molecule has 0 aliphatic rings. The number of hydrogen-bond donors (Lipinski definition) is 1. The highest BCUT2D eigenvalue weighted by molar-refractivity contribution is 7.98. The Bertz CT molecular complexity index is 168. The van der Waals surface area contributed by atoms with Crippen molar-refractivity contribution >= 4 is 17.7 Å². The molecule has 0 amide bonds. The minimum Gasteiger partial charge on any atom is -0.467 e. The van der Waals surface area contributed by atoms with Crippen LogP contribution in [-0.2, 0) is 9.53 Å². The lowest BCUT2D eigenvalue weighted by Gasteiger charge is -2.28. The second kappa shape index (κ2) is 5.50. The second-order valence-electron chi connectivity index (χ2n) is 3.66. The van der Waals surface area contributed by atoms with Crippen molar-refractivity contribution in [1.29, 1.82) is 0 Å². The van der Waals surface area contributed by atoms with Gasteiger partial charge in [-0.25, -0.2) is 4.79 Å². The SMILES string of the molecule is COC(=O)C(O)C(C)(C)CCSC. The summed E-state index contributed by atoms with van der Waals surface area (Å²) in [6, 6.07) is 0. The Labute approximate surface area is 83.9 Å². The monoisotopic (exact) mass is 206 g/mol. The molecule has 3 nitrogen and oxygen atoms in total. The van der Waals surface area contributed by atoms with Crippen LogP contribution >= 0.6 is 11.8 Å². The van der Waals surface area contributed by atoms with E-state index >= 15 is 0 Å². The number of aliphatic hydroxyl groups excluding tert-OH is 1. The molecule has 0 rings (SSSR count). The number of thioether (sulfide) groups is 1. The van der Waals surface area contributed by atoms with Crippen LogP contribution in [0.4, 0.5) is 0 Å². The maximum Gasteiger partial charge on any atom is 0.335 e. The Hall–Kier alpha value is -0.220. The molecule has 0 saturated carbocycles. The van der Waals surface area contributed by atoms with E-state index in [1.54, 1.807) is 11.8 Å². The number of aliphatic hydroxyl groups is 1. The fourth-order valence-corrected chi connectivity index (χ4v) is 1.66. The van der Waals surface area contributed by atoms with Crippen LogP contribution in [0.3, 0.4) is 0 Å². The predicted molar refractivity (Wildman–Crippen MR) is 54.8 cm³/mol. The van der Waals surface area contributed by atoms with Gasteiger partial charge in [-0.1, -0.05) is 13.8 Å². The molecule has 0 spiro atoms. The maximum atomic E-state index is 11.0. The molecule has 0 aliphatic heterocycles. The van der Waals surface area contributed by atoms with Crippen LogP contribution in [0.15, 0.2) is 0 Å². The van der Waals surface area contributed by atoms with Gasteiger partial charge >= 0.3 is 5.97 Å². The maximum absolute atomic E-state index is 11.0. The second-order valence-corrected chi connectivity index (χ2v) is 4.64. The number of methoxy groups -OCH3 is 1. The average Bonchev–Trinajstić information content (AvgIpc) is 2.12. The van der Waals surface area contributed by atoms with Gasteiger partial charge in [0.05, 0.1) is 7.11 Å². The highest BCUT2D eigenvalue weighted by Crippen LogP contribution is 2.27. The third-order valence-corrected chi connectivity index (χ3v) is 2.73. The van der Waals surface area contributed by atoms with Gasteiger partial charge in [-0.05, 0) is 18.4 Å². The van der Waals surface area contributed by atoms with E-state index in [4.69, 9.17) is 0 Å². The Balaban J connectivity index is 4.17. The lowest BCUT2D eigenvalue weighted by molar-refractivity contribution is -0.157. The summed E-state index contributed by atoms with van der Waals surface area (Å²) in [5.41, 5.74) is -0.407. The van der Waals surface area contributed by atoms with Gasteiger partial charge in [0.15, 0.2) is 6.10 Å². The zero-order valence-corrected chi connectivity index (χ0v) is 9.48. The summed E-state index contributed by atoms with van der Waals surface area (Å²) in [6.45, 7) is 3.73. The largest absolute Gasteiger partial charge is 0.467 e. The van der Waals surface area contributed by atoms with Crippen molar-refractivity contribution in [3.63, 3.8) is 0 Å². The summed E-state index contributed by atoms with van der Waals surface area (Å²) in [6.07, 6.45) is 1.77. The molecule has 0 aromatic rings. The molecule has 0 saturated heterocycles. The highest BCUT2D eigenvalue weighted by atomic mass is 32.2. The number of hydrogen-bond acceptors (Lipinski definition) is 4. The van der Waals surface area contributed by atoms with Gasteiger partial charge in [0.25, 0.3) is 0 Å². The van der Waals surface area contributed by atoms with Crippen LogP contribution in [0.2, 0.25) is 0 Å². The Morgan fingerprint density at radius 3 is 2.54 bits per heavy atom. The topological polar surface area (TPSA) is 46.5 Å². The van der Waals surface area contributed by atoms with Crippen molar-refractivity contribution in [2.75, 3.05) is 19.1 Å².